The van der Waals surface area contributed by atoms with Crippen molar-refractivity contribution in [3.8, 4) is 0 Å². The standard InChI is InChI=1S/C15H20N4O3/c1-18-8-11-9-19(13(20)12-7-16-4-5-17-12)6-2-3-15(11,10-18)14(21)22/h4-5,7,11H,2-3,6,8-10H2,1H3,(H,21,22)/t11-,15+/m0/s1. The van der Waals surface area contributed by atoms with E-state index in [1.54, 1.807) is 4.90 Å². The number of carbonyl (C=O) groups is 2. The summed E-state index contributed by atoms with van der Waals surface area (Å²) in [6.45, 7) is 2.30. The van der Waals surface area contributed by atoms with Crippen LogP contribution in [-0.4, -0.2) is 70.0 Å². The van der Waals surface area contributed by atoms with Crippen LogP contribution in [0.25, 0.3) is 0 Å². The Balaban J connectivity index is 1.83. The van der Waals surface area contributed by atoms with Crippen LogP contribution in [0.2, 0.25) is 0 Å². The second-order valence-corrected chi connectivity index (χ2v) is 6.30. The zero-order valence-electron chi connectivity index (χ0n) is 12.6. The highest BCUT2D eigenvalue weighted by molar-refractivity contribution is 5.92. The van der Waals surface area contributed by atoms with Crippen LogP contribution in [0.15, 0.2) is 18.6 Å². The van der Waals surface area contributed by atoms with Crippen molar-refractivity contribution in [1.29, 1.82) is 0 Å². The molecule has 7 nitrogen and oxygen atoms in total. The number of fused-ring (bicyclic) bond motifs is 1. The second kappa shape index (κ2) is 5.64. The van der Waals surface area contributed by atoms with Crippen LogP contribution in [-0.2, 0) is 4.79 Å². The number of hydrogen-bond donors (Lipinski definition) is 1. The van der Waals surface area contributed by atoms with Gasteiger partial charge >= 0.3 is 5.97 Å². The molecule has 1 aromatic heterocycles. The van der Waals surface area contributed by atoms with E-state index in [4.69, 9.17) is 0 Å². The van der Waals surface area contributed by atoms with E-state index in [1.807, 2.05) is 7.05 Å². The molecule has 1 amide bonds. The fourth-order valence-electron chi connectivity index (χ4n) is 3.79. The van der Waals surface area contributed by atoms with Gasteiger partial charge in [-0.25, -0.2) is 4.98 Å². The van der Waals surface area contributed by atoms with Gasteiger partial charge in [0.05, 0.1) is 11.6 Å². The smallest absolute Gasteiger partial charge is 0.311 e. The van der Waals surface area contributed by atoms with Crippen molar-refractivity contribution in [2.75, 3.05) is 33.2 Å². The Kier molecular flexibility index (Phi) is 3.82. The van der Waals surface area contributed by atoms with Crippen molar-refractivity contribution in [2.24, 2.45) is 11.3 Å². The van der Waals surface area contributed by atoms with Gasteiger partial charge in [-0.3, -0.25) is 14.6 Å². The summed E-state index contributed by atoms with van der Waals surface area (Å²) in [5.74, 6) is -0.947. The fraction of sp³-hybridized carbons (Fsp3) is 0.600. The molecule has 0 bridgehead atoms. The molecule has 22 heavy (non-hydrogen) atoms. The van der Waals surface area contributed by atoms with Gasteiger partial charge in [-0.2, -0.15) is 0 Å². The highest BCUT2D eigenvalue weighted by Crippen LogP contribution is 2.42. The van der Waals surface area contributed by atoms with Crippen LogP contribution in [0.3, 0.4) is 0 Å². The third-order valence-corrected chi connectivity index (χ3v) is 4.85. The Labute approximate surface area is 129 Å². The van der Waals surface area contributed by atoms with E-state index >= 15 is 0 Å². The van der Waals surface area contributed by atoms with Crippen LogP contribution >= 0.6 is 0 Å². The summed E-state index contributed by atoms with van der Waals surface area (Å²) >= 11 is 0. The average molecular weight is 304 g/mol. The van der Waals surface area contributed by atoms with E-state index < -0.39 is 11.4 Å². The zero-order valence-corrected chi connectivity index (χ0v) is 12.6. The van der Waals surface area contributed by atoms with Crippen LogP contribution in [0, 0.1) is 11.3 Å². The first kappa shape index (κ1) is 14.9. The topological polar surface area (TPSA) is 86.6 Å². The molecule has 3 heterocycles. The maximum Gasteiger partial charge on any atom is 0.311 e. The molecule has 0 aromatic carbocycles. The SMILES string of the molecule is CN1C[C@H]2CN(C(=O)c3cnccn3)CCC[C@@]2(C(=O)O)C1. The largest absolute Gasteiger partial charge is 0.481 e. The van der Waals surface area contributed by atoms with Crippen molar-refractivity contribution in [3.05, 3.63) is 24.3 Å². The molecule has 1 N–H and O–H groups in total. The van der Waals surface area contributed by atoms with Gasteiger partial charge in [-0.1, -0.05) is 0 Å². The minimum absolute atomic E-state index is 0.0434. The first-order chi connectivity index (χ1) is 10.5. The highest BCUT2D eigenvalue weighted by Gasteiger charge is 2.52. The Morgan fingerprint density at radius 3 is 2.86 bits per heavy atom. The minimum atomic E-state index is -0.740. The third-order valence-electron chi connectivity index (χ3n) is 4.85. The van der Waals surface area contributed by atoms with Crippen molar-refractivity contribution in [1.82, 2.24) is 19.8 Å². The van der Waals surface area contributed by atoms with Gasteiger partial charge in [-0.15, -0.1) is 0 Å². The summed E-state index contributed by atoms with van der Waals surface area (Å²) in [7, 11) is 1.94. The molecule has 3 rings (SSSR count). The Morgan fingerprint density at radius 2 is 2.18 bits per heavy atom. The number of aliphatic carboxylic acids is 1. The highest BCUT2D eigenvalue weighted by atomic mass is 16.4. The van der Waals surface area contributed by atoms with Gasteiger partial charge in [0.1, 0.15) is 5.69 Å². The summed E-state index contributed by atoms with van der Waals surface area (Å²) in [6.07, 6.45) is 5.79. The second-order valence-electron chi connectivity index (χ2n) is 6.30. The number of likely N-dealkylation sites (tertiary alicyclic amines) is 2. The zero-order chi connectivity index (χ0) is 15.7. The van der Waals surface area contributed by atoms with Gasteiger partial charge < -0.3 is 14.9 Å². The first-order valence-electron chi connectivity index (χ1n) is 7.50. The van der Waals surface area contributed by atoms with E-state index in [0.717, 1.165) is 0 Å². The van der Waals surface area contributed by atoms with Gasteiger partial charge in [0.25, 0.3) is 5.91 Å². The number of carboxylic acids is 1. The molecule has 2 atom stereocenters. The lowest BCUT2D eigenvalue weighted by Crippen LogP contribution is -2.42. The quantitative estimate of drug-likeness (QED) is 0.848. The molecule has 7 heteroatoms. The van der Waals surface area contributed by atoms with Gasteiger partial charge in [0.2, 0.25) is 0 Å². The fourth-order valence-corrected chi connectivity index (χ4v) is 3.79. The van der Waals surface area contributed by atoms with Crippen LogP contribution in [0.4, 0.5) is 0 Å². The van der Waals surface area contributed by atoms with Crippen molar-refractivity contribution < 1.29 is 14.7 Å². The predicted molar refractivity (Wildman–Crippen MR) is 78.2 cm³/mol. The number of nitrogens with zero attached hydrogens (tertiary/aromatic N) is 4. The van der Waals surface area contributed by atoms with E-state index in [0.29, 0.717) is 44.7 Å². The number of rotatable bonds is 2. The summed E-state index contributed by atoms with van der Waals surface area (Å²) in [5, 5.41) is 9.73. The average Bonchev–Trinajstić information content (AvgIpc) is 2.72. The van der Waals surface area contributed by atoms with Crippen LogP contribution in [0.5, 0.6) is 0 Å². The van der Waals surface area contributed by atoms with Crippen molar-refractivity contribution in [3.63, 3.8) is 0 Å². The Bertz CT molecular complexity index is 579. The normalized spacial score (nSPS) is 29.0. The third kappa shape index (κ3) is 2.45. The van der Waals surface area contributed by atoms with Crippen molar-refractivity contribution >= 4 is 11.9 Å². The summed E-state index contributed by atoms with van der Waals surface area (Å²) in [4.78, 5) is 36.2. The van der Waals surface area contributed by atoms with Crippen LogP contribution < -0.4 is 0 Å². The molecule has 118 valence electrons. The summed E-state index contributed by atoms with van der Waals surface area (Å²) in [6, 6.07) is 0. The van der Waals surface area contributed by atoms with E-state index in [2.05, 4.69) is 14.9 Å². The molecule has 0 radical (unpaired) electrons. The lowest BCUT2D eigenvalue weighted by Gasteiger charge is -2.29. The Hall–Kier alpha value is -2.02. The maximum absolute atomic E-state index is 12.6. The van der Waals surface area contributed by atoms with Gasteiger partial charge in [0.15, 0.2) is 0 Å². The lowest BCUT2D eigenvalue weighted by molar-refractivity contribution is -0.150. The first-order valence-corrected chi connectivity index (χ1v) is 7.50. The van der Waals surface area contributed by atoms with Crippen molar-refractivity contribution in [2.45, 2.75) is 12.8 Å². The molecule has 0 saturated carbocycles. The summed E-state index contributed by atoms with van der Waals surface area (Å²) < 4.78 is 0. The lowest BCUT2D eigenvalue weighted by atomic mass is 9.75. The number of hydrogen-bond acceptors (Lipinski definition) is 5. The molecular weight excluding hydrogens is 284 g/mol. The minimum Gasteiger partial charge on any atom is -0.481 e. The molecule has 2 aliphatic heterocycles. The maximum atomic E-state index is 12.6. The van der Waals surface area contributed by atoms with Crippen LogP contribution in [0.1, 0.15) is 23.3 Å². The van der Waals surface area contributed by atoms with E-state index in [9.17, 15) is 14.7 Å². The number of aromatic nitrogens is 2. The van der Waals surface area contributed by atoms with E-state index in [1.165, 1.54) is 18.6 Å². The van der Waals surface area contributed by atoms with Gasteiger partial charge in [-0.05, 0) is 19.9 Å². The molecule has 1 aromatic rings. The molecular formula is C15H20N4O3. The number of carboxylic acid groups (broad SMARTS) is 1. The number of carbonyl (C=O) groups excluding carboxylic acids is 1. The molecule has 0 spiro atoms. The molecule has 2 aliphatic rings. The Morgan fingerprint density at radius 1 is 1.36 bits per heavy atom. The summed E-state index contributed by atoms with van der Waals surface area (Å²) in [5.41, 5.74) is -0.414. The predicted octanol–water partition coefficient (Wildman–Crippen LogP) is 0.345. The van der Waals surface area contributed by atoms with Gasteiger partial charge in [0, 0.05) is 44.5 Å². The monoisotopic (exact) mass is 304 g/mol. The molecule has 0 unspecified atom stereocenters. The molecule has 0 aliphatic carbocycles. The molecule has 2 saturated heterocycles. The number of amides is 1. The molecule has 2 fully saturated rings. The van der Waals surface area contributed by atoms with E-state index in [-0.39, 0.29) is 11.8 Å².